The summed E-state index contributed by atoms with van der Waals surface area (Å²) in [6, 6.07) is 4.68. The van der Waals surface area contributed by atoms with E-state index in [-0.39, 0.29) is 11.6 Å². The molecule has 18 heavy (non-hydrogen) atoms. The third-order valence-corrected chi connectivity index (χ3v) is 2.40. The molecule has 0 atom stereocenters. The van der Waals surface area contributed by atoms with Crippen molar-refractivity contribution in [3.63, 3.8) is 0 Å². The Morgan fingerprint density at radius 2 is 1.89 bits per heavy atom. The van der Waals surface area contributed by atoms with E-state index in [9.17, 15) is 18.0 Å². The van der Waals surface area contributed by atoms with E-state index < -0.39 is 17.4 Å². The fraction of sp³-hybridized carbons (Fsp3) is 0.200. The molecule has 0 aliphatic rings. The first-order chi connectivity index (χ1) is 8.32. The number of benzene rings is 1. The van der Waals surface area contributed by atoms with Gasteiger partial charge in [-0.15, -0.1) is 5.10 Å². The van der Waals surface area contributed by atoms with Crippen molar-refractivity contribution in [3.05, 3.63) is 40.3 Å². The molecule has 0 amide bonds. The number of nitrogens with two attached hydrogens (primary N) is 1. The molecule has 96 valence electrons. The molecule has 2 rings (SSSR count). The summed E-state index contributed by atoms with van der Waals surface area (Å²) in [6.07, 6.45) is -4.57. The molecule has 8 heteroatoms. The fourth-order valence-electron chi connectivity index (χ4n) is 1.62. The molecule has 2 N–H and O–H groups in total. The van der Waals surface area contributed by atoms with Crippen molar-refractivity contribution in [2.45, 2.75) is 6.18 Å². The van der Waals surface area contributed by atoms with Gasteiger partial charge in [0.15, 0.2) is 0 Å². The van der Waals surface area contributed by atoms with Gasteiger partial charge in [0.05, 0.1) is 11.3 Å². The Morgan fingerprint density at radius 1 is 1.28 bits per heavy atom. The summed E-state index contributed by atoms with van der Waals surface area (Å²) in [5, 5.41) is 3.59. The number of hydrogen-bond acceptors (Lipinski definition) is 3. The standard InChI is InChI=1S/C10H9F3N4O/c1-16-9(18)17(8(14)15-16)7-5-3-2-4-6(7)10(11,12)13/h2-5H,1H3,(H2,14,15). The van der Waals surface area contributed by atoms with Gasteiger partial charge < -0.3 is 5.73 Å². The summed E-state index contributed by atoms with van der Waals surface area (Å²) in [5.74, 6) is -0.292. The van der Waals surface area contributed by atoms with E-state index in [4.69, 9.17) is 5.73 Å². The lowest BCUT2D eigenvalue weighted by atomic mass is 10.1. The monoisotopic (exact) mass is 258 g/mol. The minimum Gasteiger partial charge on any atom is -0.368 e. The van der Waals surface area contributed by atoms with Crippen LogP contribution in [0.3, 0.4) is 0 Å². The molecule has 0 aliphatic carbocycles. The normalized spacial score (nSPS) is 11.8. The Morgan fingerprint density at radius 3 is 2.39 bits per heavy atom. The van der Waals surface area contributed by atoms with Gasteiger partial charge in [0, 0.05) is 7.05 Å². The summed E-state index contributed by atoms with van der Waals surface area (Å²) in [5.41, 5.74) is 3.45. The number of halogens is 3. The molecule has 0 radical (unpaired) electrons. The van der Waals surface area contributed by atoms with Crippen LogP contribution in [0.4, 0.5) is 19.1 Å². The van der Waals surface area contributed by atoms with Crippen LogP contribution in [0.25, 0.3) is 5.69 Å². The average Bonchev–Trinajstić information content (AvgIpc) is 2.52. The van der Waals surface area contributed by atoms with Gasteiger partial charge in [-0.2, -0.15) is 13.2 Å². The number of anilines is 1. The Kier molecular flexibility index (Phi) is 2.64. The third-order valence-electron chi connectivity index (χ3n) is 2.40. The number of aryl methyl sites for hydroxylation is 1. The minimum absolute atomic E-state index is 0.292. The molecular formula is C10H9F3N4O. The summed E-state index contributed by atoms with van der Waals surface area (Å²) >= 11 is 0. The lowest BCUT2D eigenvalue weighted by Gasteiger charge is -2.12. The topological polar surface area (TPSA) is 65.8 Å². The number of hydrogen-bond donors (Lipinski definition) is 1. The Bertz CT molecular complexity index is 641. The molecule has 0 saturated heterocycles. The maximum atomic E-state index is 12.8. The smallest absolute Gasteiger partial charge is 0.368 e. The van der Waals surface area contributed by atoms with Crippen molar-refractivity contribution in [2.24, 2.45) is 7.05 Å². The lowest BCUT2D eigenvalue weighted by molar-refractivity contribution is -0.137. The summed E-state index contributed by atoms with van der Waals surface area (Å²) < 4.78 is 40.1. The first-order valence-electron chi connectivity index (χ1n) is 4.90. The van der Waals surface area contributed by atoms with E-state index in [0.717, 1.165) is 15.3 Å². The first kappa shape index (κ1) is 12.2. The SMILES string of the molecule is Cn1nc(N)n(-c2ccccc2C(F)(F)F)c1=O. The Labute approximate surface area is 99.3 Å². The molecule has 5 nitrogen and oxygen atoms in total. The molecule has 0 fully saturated rings. The molecule has 2 aromatic rings. The lowest BCUT2D eigenvalue weighted by Crippen LogP contribution is -2.24. The number of aromatic nitrogens is 3. The highest BCUT2D eigenvalue weighted by Crippen LogP contribution is 2.33. The van der Waals surface area contributed by atoms with Gasteiger partial charge in [-0.05, 0) is 12.1 Å². The van der Waals surface area contributed by atoms with Gasteiger partial charge in [0.25, 0.3) is 0 Å². The molecule has 0 saturated carbocycles. The van der Waals surface area contributed by atoms with Crippen molar-refractivity contribution in [1.29, 1.82) is 0 Å². The molecule has 1 aromatic heterocycles. The third kappa shape index (κ3) is 1.85. The van der Waals surface area contributed by atoms with Crippen LogP contribution in [0.1, 0.15) is 5.56 Å². The van der Waals surface area contributed by atoms with Crippen LogP contribution in [-0.4, -0.2) is 14.3 Å². The van der Waals surface area contributed by atoms with Gasteiger partial charge >= 0.3 is 11.9 Å². The molecule has 0 aliphatic heterocycles. The van der Waals surface area contributed by atoms with Crippen molar-refractivity contribution < 1.29 is 13.2 Å². The summed E-state index contributed by atoms with van der Waals surface area (Å²) in [7, 11) is 1.31. The van der Waals surface area contributed by atoms with Crippen molar-refractivity contribution in [3.8, 4) is 5.69 Å². The maximum Gasteiger partial charge on any atom is 0.418 e. The van der Waals surface area contributed by atoms with E-state index in [1.807, 2.05) is 0 Å². The number of nitrogens with zero attached hydrogens (tertiary/aromatic N) is 3. The minimum atomic E-state index is -4.57. The highest BCUT2D eigenvalue weighted by Gasteiger charge is 2.34. The molecule has 0 spiro atoms. The molecular weight excluding hydrogens is 249 g/mol. The zero-order valence-corrected chi connectivity index (χ0v) is 9.27. The van der Waals surface area contributed by atoms with E-state index >= 15 is 0 Å². The largest absolute Gasteiger partial charge is 0.418 e. The second-order valence-corrected chi connectivity index (χ2v) is 3.61. The molecule has 1 heterocycles. The average molecular weight is 258 g/mol. The fourth-order valence-corrected chi connectivity index (χ4v) is 1.62. The van der Waals surface area contributed by atoms with Crippen molar-refractivity contribution in [1.82, 2.24) is 14.3 Å². The predicted molar refractivity (Wildman–Crippen MR) is 58.2 cm³/mol. The van der Waals surface area contributed by atoms with Crippen LogP contribution < -0.4 is 11.4 Å². The van der Waals surface area contributed by atoms with Crippen LogP contribution in [0.5, 0.6) is 0 Å². The number of rotatable bonds is 1. The number of nitrogen functional groups attached to an aromatic ring is 1. The van der Waals surface area contributed by atoms with Crippen LogP contribution >= 0.6 is 0 Å². The number of alkyl halides is 3. The molecule has 1 aromatic carbocycles. The molecule has 0 bridgehead atoms. The van der Waals surface area contributed by atoms with Crippen LogP contribution in [0.2, 0.25) is 0 Å². The summed E-state index contributed by atoms with van der Waals surface area (Å²) in [6.45, 7) is 0. The summed E-state index contributed by atoms with van der Waals surface area (Å²) in [4.78, 5) is 11.7. The van der Waals surface area contributed by atoms with Gasteiger partial charge in [-0.25, -0.2) is 14.0 Å². The van der Waals surface area contributed by atoms with E-state index in [1.54, 1.807) is 0 Å². The van der Waals surface area contributed by atoms with Gasteiger partial charge in [-0.3, -0.25) is 0 Å². The van der Waals surface area contributed by atoms with Crippen LogP contribution in [0, 0.1) is 0 Å². The predicted octanol–water partition coefficient (Wildman–Crippen LogP) is 1.17. The number of para-hydroxylation sites is 1. The highest BCUT2D eigenvalue weighted by molar-refractivity contribution is 5.46. The first-order valence-corrected chi connectivity index (χ1v) is 4.90. The van der Waals surface area contributed by atoms with Crippen molar-refractivity contribution in [2.75, 3.05) is 5.73 Å². The van der Waals surface area contributed by atoms with Crippen molar-refractivity contribution >= 4 is 5.95 Å². The van der Waals surface area contributed by atoms with Gasteiger partial charge in [0.1, 0.15) is 0 Å². The van der Waals surface area contributed by atoms with Crippen LogP contribution in [-0.2, 0) is 13.2 Å². The van der Waals surface area contributed by atoms with Gasteiger partial charge in [-0.1, -0.05) is 12.1 Å². The van der Waals surface area contributed by atoms with E-state index in [0.29, 0.717) is 0 Å². The highest BCUT2D eigenvalue weighted by atomic mass is 19.4. The van der Waals surface area contributed by atoms with E-state index in [1.165, 1.54) is 25.2 Å². The van der Waals surface area contributed by atoms with Crippen LogP contribution in [0.15, 0.2) is 29.1 Å². The second-order valence-electron chi connectivity index (χ2n) is 3.61. The molecule has 0 unspecified atom stereocenters. The Balaban J connectivity index is 2.76. The van der Waals surface area contributed by atoms with E-state index in [2.05, 4.69) is 5.10 Å². The van der Waals surface area contributed by atoms with Gasteiger partial charge in [0.2, 0.25) is 5.95 Å². The zero-order chi connectivity index (χ0) is 13.5. The second kappa shape index (κ2) is 3.90. The zero-order valence-electron chi connectivity index (χ0n) is 9.27. The maximum absolute atomic E-state index is 12.8. The Hall–Kier alpha value is -2.25. The quantitative estimate of drug-likeness (QED) is 0.835.